The third-order valence-electron chi connectivity index (χ3n) is 5.45. The summed E-state index contributed by atoms with van der Waals surface area (Å²) < 4.78 is 31.8. The first kappa shape index (κ1) is 37.5. The zero-order valence-electron chi connectivity index (χ0n) is 25.9. The van der Waals surface area contributed by atoms with Crippen LogP contribution in [0.25, 0.3) is 10.4 Å². The number of nitrogens with zero attached hydrogens (tertiary/aromatic N) is 5. The van der Waals surface area contributed by atoms with Gasteiger partial charge in [-0.3, -0.25) is 9.69 Å². The molecule has 15 nitrogen and oxygen atoms in total. The molecule has 1 rings (SSSR count). The molecule has 1 heterocycles. The van der Waals surface area contributed by atoms with Crippen molar-refractivity contribution in [3.8, 4) is 0 Å². The Balaban J connectivity index is 2.34. The number of unbranched alkanes of at least 4 members (excludes halogenated alkanes) is 1. The Hall–Kier alpha value is -3.49. The van der Waals surface area contributed by atoms with Crippen LogP contribution < -0.4 is 10.2 Å². The van der Waals surface area contributed by atoms with Gasteiger partial charge in [0, 0.05) is 30.6 Å². The Morgan fingerprint density at radius 2 is 1.65 bits per heavy atom. The number of amides is 2. The van der Waals surface area contributed by atoms with E-state index < -0.39 is 23.7 Å². The molecule has 0 saturated carbocycles. The lowest BCUT2D eigenvalue weighted by molar-refractivity contribution is -0.147. The van der Waals surface area contributed by atoms with Gasteiger partial charge in [-0.1, -0.05) is 5.11 Å². The van der Waals surface area contributed by atoms with Crippen molar-refractivity contribution in [2.75, 3.05) is 78.0 Å². The number of pyridine rings is 1. The normalized spacial score (nSPS) is 11.7. The van der Waals surface area contributed by atoms with Crippen molar-refractivity contribution >= 4 is 23.8 Å². The number of aryl methyl sites for hydroxylation is 1. The topological polar surface area (TPSA) is 184 Å². The highest BCUT2D eigenvalue weighted by Gasteiger charge is 2.25. The van der Waals surface area contributed by atoms with Crippen molar-refractivity contribution in [1.82, 2.24) is 10.3 Å². The number of carbonyl (C=O) groups excluding carboxylic acids is 3. The molecule has 0 saturated heterocycles. The lowest BCUT2D eigenvalue weighted by Gasteiger charge is -2.27. The maximum Gasteiger partial charge on any atom is 0.416 e. The Labute approximate surface area is 253 Å². The van der Waals surface area contributed by atoms with E-state index in [1.54, 1.807) is 33.0 Å². The number of hydrogen-bond acceptors (Lipinski definition) is 11. The highest BCUT2D eigenvalue weighted by molar-refractivity contribution is 5.87. The molecule has 0 aliphatic heterocycles. The molecule has 2 amide bonds. The molecule has 242 valence electrons. The van der Waals surface area contributed by atoms with E-state index in [4.69, 9.17) is 34.0 Å². The minimum Gasteiger partial charge on any atom is -0.467 e. The predicted octanol–water partition coefficient (Wildman–Crippen LogP) is 3.34. The molecule has 15 heteroatoms. The molecule has 0 aliphatic carbocycles. The van der Waals surface area contributed by atoms with Crippen LogP contribution in [0.3, 0.4) is 0 Å². The Morgan fingerprint density at radius 3 is 2.23 bits per heavy atom. The second-order valence-corrected chi connectivity index (χ2v) is 10.3. The van der Waals surface area contributed by atoms with Crippen molar-refractivity contribution in [1.29, 1.82) is 0 Å². The number of rotatable bonds is 22. The van der Waals surface area contributed by atoms with Crippen LogP contribution in [0.2, 0.25) is 0 Å². The average Bonchev–Trinajstić information content (AvgIpc) is 2.95. The Kier molecular flexibility index (Phi) is 19.3. The maximum atomic E-state index is 12.8. The second kappa shape index (κ2) is 22.1. The minimum absolute atomic E-state index is 0.0725. The summed E-state index contributed by atoms with van der Waals surface area (Å²) in [5.41, 5.74) is 8.45. The molecule has 0 unspecified atom stereocenters. The zero-order chi connectivity index (χ0) is 31.9. The van der Waals surface area contributed by atoms with Crippen LogP contribution >= 0.6 is 0 Å². The van der Waals surface area contributed by atoms with Gasteiger partial charge in [-0.2, -0.15) is 0 Å². The van der Waals surface area contributed by atoms with Crippen molar-refractivity contribution in [3.05, 3.63) is 34.3 Å². The first-order valence-electron chi connectivity index (χ1n) is 14.2. The molecule has 1 N–H and O–H groups in total. The molecule has 1 aromatic heterocycles. The highest BCUT2D eigenvalue weighted by atomic mass is 16.6. The molecule has 0 aliphatic rings. The van der Waals surface area contributed by atoms with Crippen LogP contribution in [0, 0.1) is 6.92 Å². The molecule has 1 atom stereocenters. The quantitative estimate of drug-likeness (QED) is 0.0671. The largest absolute Gasteiger partial charge is 0.467 e. The number of nitrogens with one attached hydrogen (secondary N) is 1. The lowest BCUT2D eigenvalue weighted by atomic mass is 10.2. The van der Waals surface area contributed by atoms with Crippen LogP contribution in [0.5, 0.6) is 0 Å². The van der Waals surface area contributed by atoms with Gasteiger partial charge in [0.25, 0.3) is 0 Å². The van der Waals surface area contributed by atoms with Gasteiger partial charge in [0.15, 0.2) is 6.04 Å². The third kappa shape index (κ3) is 18.6. The molecule has 0 fully saturated rings. The first-order chi connectivity index (χ1) is 20.6. The Bertz CT molecular complexity index is 1010. The van der Waals surface area contributed by atoms with Crippen LogP contribution in [0.1, 0.15) is 45.6 Å². The first-order valence-corrected chi connectivity index (χ1v) is 14.2. The fourth-order valence-corrected chi connectivity index (χ4v) is 3.43. The number of anilines is 1. The van der Waals surface area contributed by atoms with Crippen molar-refractivity contribution in [2.45, 2.75) is 58.6 Å². The molecular weight excluding hydrogens is 564 g/mol. The Morgan fingerprint density at radius 1 is 1.02 bits per heavy atom. The summed E-state index contributed by atoms with van der Waals surface area (Å²) in [7, 11) is 1.24. The minimum atomic E-state index is -0.963. The summed E-state index contributed by atoms with van der Waals surface area (Å²) in [6, 6.07) is 2.67. The number of hydrogen-bond donors (Lipinski definition) is 1. The number of aromatic nitrogens is 1. The SMILES string of the molecule is COC(=O)[C@H](COCCOCCOCCOCCN=[N+]=[N-])NC(=O)CCCCN(C(=O)OC(C)(C)C)c1cc(C)ccn1. The average molecular weight is 611 g/mol. The molecule has 0 spiro atoms. The van der Waals surface area contributed by atoms with E-state index in [-0.39, 0.29) is 38.7 Å². The van der Waals surface area contributed by atoms with E-state index in [0.29, 0.717) is 58.2 Å². The van der Waals surface area contributed by atoms with Gasteiger partial charge in [-0.25, -0.2) is 14.6 Å². The summed E-state index contributed by atoms with van der Waals surface area (Å²) >= 11 is 0. The number of ether oxygens (including phenoxy) is 6. The predicted molar refractivity (Wildman–Crippen MR) is 158 cm³/mol. The fraction of sp³-hybridized carbons (Fsp3) is 0.714. The maximum absolute atomic E-state index is 12.8. The van der Waals surface area contributed by atoms with E-state index >= 15 is 0 Å². The van der Waals surface area contributed by atoms with Crippen LogP contribution in [0.15, 0.2) is 23.4 Å². The molecule has 43 heavy (non-hydrogen) atoms. The van der Waals surface area contributed by atoms with Crippen LogP contribution in [0.4, 0.5) is 10.6 Å². The third-order valence-corrected chi connectivity index (χ3v) is 5.45. The number of azide groups is 1. The van der Waals surface area contributed by atoms with E-state index in [2.05, 4.69) is 20.3 Å². The fourth-order valence-electron chi connectivity index (χ4n) is 3.43. The molecule has 1 aromatic rings. The van der Waals surface area contributed by atoms with Gasteiger partial charge < -0.3 is 33.7 Å². The van der Waals surface area contributed by atoms with Gasteiger partial charge in [-0.05, 0) is 63.8 Å². The van der Waals surface area contributed by atoms with Gasteiger partial charge in [0.05, 0.1) is 60.0 Å². The summed E-state index contributed by atoms with van der Waals surface area (Å²) in [6.07, 6.45) is 2.22. The summed E-state index contributed by atoms with van der Waals surface area (Å²) in [5.74, 6) is -0.485. The summed E-state index contributed by atoms with van der Waals surface area (Å²) in [4.78, 5) is 45.9. The van der Waals surface area contributed by atoms with Crippen LogP contribution in [-0.4, -0.2) is 108 Å². The molecule has 0 radical (unpaired) electrons. The van der Waals surface area contributed by atoms with Gasteiger partial charge >= 0.3 is 12.1 Å². The zero-order valence-corrected chi connectivity index (χ0v) is 25.9. The molecular formula is C28H46N6O9. The number of methoxy groups -OCH3 is 1. The van der Waals surface area contributed by atoms with Gasteiger partial charge in [-0.15, -0.1) is 0 Å². The van der Waals surface area contributed by atoms with Crippen LogP contribution in [-0.2, 0) is 38.0 Å². The lowest BCUT2D eigenvalue weighted by Crippen LogP contribution is -2.45. The van der Waals surface area contributed by atoms with Crippen molar-refractivity contribution < 1.29 is 42.8 Å². The number of carbonyl (C=O) groups is 3. The molecule has 0 aromatic carbocycles. The number of esters is 1. The van der Waals surface area contributed by atoms with E-state index in [0.717, 1.165) is 5.56 Å². The monoisotopic (exact) mass is 610 g/mol. The van der Waals surface area contributed by atoms with E-state index in [1.165, 1.54) is 12.0 Å². The van der Waals surface area contributed by atoms with Gasteiger partial charge in [0.2, 0.25) is 5.91 Å². The summed E-state index contributed by atoms with van der Waals surface area (Å²) in [6.45, 7) is 10.1. The van der Waals surface area contributed by atoms with Gasteiger partial charge in [0.1, 0.15) is 11.4 Å². The van der Waals surface area contributed by atoms with Crippen molar-refractivity contribution in [2.24, 2.45) is 5.11 Å². The summed E-state index contributed by atoms with van der Waals surface area (Å²) in [5, 5.41) is 6.00. The standard InChI is InChI=1S/C28H46N6O9/c1-22-9-10-30-24(20-22)34(27(37)43-28(2,3)4)12-7-6-8-25(35)32-23(26(36)38-5)21-42-19-18-41-17-16-40-15-14-39-13-11-31-33-29/h9-10,20,23H,6-8,11-19,21H2,1-5H3,(H,32,35)/t23-/m0/s1. The van der Waals surface area contributed by atoms with E-state index in [9.17, 15) is 14.4 Å². The second-order valence-electron chi connectivity index (χ2n) is 10.3. The van der Waals surface area contributed by atoms with Crippen molar-refractivity contribution in [3.63, 3.8) is 0 Å². The smallest absolute Gasteiger partial charge is 0.416 e. The molecule has 0 bridgehead atoms. The van der Waals surface area contributed by atoms with E-state index in [1.807, 2.05) is 13.0 Å². The highest BCUT2D eigenvalue weighted by Crippen LogP contribution is 2.18.